The van der Waals surface area contributed by atoms with E-state index in [0.29, 0.717) is 5.56 Å². The fourth-order valence-electron chi connectivity index (χ4n) is 2.13. The Bertz CT molecular complexity index is 466. The molecular formula is C14H17N3. The standard InChI is InChI=1S/C12H15N3.C2H2/c1-12(2)6-10(14)9-5-8(7-13)3-4-11(9)15-12;1-2/h3-5,10,15H,6,14H2,1-2H3;1-2H/t10-;/m0./s1. The average Bonchev–Trinajstić information content (AvgIpc) is 2.30. The molecule has 88 valence electrons. The molecule has 1 aromatic rings. The third-order valence-electron chi connectivity index (χ3n) is 2.78. The second kappa shape index (κ2) is 4.91. The highest BCUT2D eigenvalue weighted by atomic mass is 15.0. The fraction of sp³-hybridized carbons (Fsp3) is 0.357. The van der Waals surface area contributed by atoms with Crippen molar-refractivity contribution in [3.63, 3.8) is 0 Å². The normalized spacial score (nSPS) is 19.9. The van der Waals surface area contributed by atoms with Gasteiger partial charge in [0.2, 0.25) is 0 Å². The summed E-state index contributed by atoms with van der Waals surface area (Å²) in [6, 6.07) is 7.79. The van der Waals surface area contributed by atoms with Crippen LogP contribution in [0.2, 0.25) is 0 Å². The van der Waals surface area contributed by atoms with Crippen LogP contribution in [0.3, 0.4) is 0 Å². The molecule has 1 atom stereocenters. The minimum absolute atomic E-state index is 0.0181. The van der Waals surface area contributed by atoms with Crippen LogP contribution in [0.15, 0.2) is 18.2 Å². The van der Waals surface area contributed by atoms with Crippen LogP contribution in [-0.2, 0) is 0 Å². The van der Waals surface area contributed by atoms with Crippen LogP contribution in [0.5, 0.6) is 0 Å². The van der Waals surface area contributed by atoms with Gasteiger partial charge in [-0.15, -0.1) is 12.8 Å². The summed E-state index contributed by atoms with van der Waals surface area (Å²) in [4.78, 5) is 0. The zero-order chi connectivity index (χ0) is 13.1. The van der Waals surface area contributed by atoms with Crippen molar-refractivity contribution in [1.82, 2.24) is 0 Å². The molecule has 0 saturated carbocycles. The molecule has 2 rings (SSSR count). The quantitative estimate of drug-likeness (QED) is 0.669. The van der Waals surface area contributed by atoms with E-state index < -0.39 is 0 Å². The van der Waals surface area contributed by atoms with Gasteiger partial charge in [0, 0.05) is 17.3 Å². The number of nitrogens with two attached hydrogens (primary N) is 1. The minimum atomic E-state index is 0.0181. The maximum Gasteiger partial charge on any atom is 0.0991 e. The Hall–Kier alpha value is -1.97. The van der Waals surface area contributed by atoms with Crippen molar-refractivity contribution in [3.05, 3.63) is 29.3 Å². The largest absolute Gasteiger partial charge is 0.380 e. The highest BCUT2D eigenvalue weighted by Gasteiger charge is 2.29. The van der Waals surface area contributed by atoms with Gasteiger partial charge in [0.1, 0.15) is 0 Å². The first-order valence-electron chi connectivity index (χ1n) is 5.43. The van der Waals surface area contributed by atoms with Crippen molar-refractivity contribution in [2.24, 2.45) is 5.73 Å². The smallest absolute Gasteiger partial charge is 0.0991 e. The average molecular weight is 227 g/mol. The van der Waals surface area contributed by atoms with E-state index in [-0.39, 0.29) is 11.6 Å². The predicted octanol–water partition coefficient (Wildman–Crippen LogP) is 2.40. The highest BCUT2D eigenvalue weighted by Crippen LogP contribution is 2.36. The highest BCUT2D eigenvalue weighted by molar-refractivity contribution is 5.59. The number of fused-ring (bicyclic) bond motifs is 1. The molecule has 0 saturated heterocycles. The zero-order valence-corrected chi connectivity index (χ0v) is 10.2. The molecule has 0 amide bonds. The van der Waals surface area contributed by atoms with E-state index in [1.807, 2.05) is 18.2 Å². The Kier molecular flexibility index (Phi) is 3.78. The van der Waals surface area contributed by atoms with Gasteiger partial charge < -0.3 is 11.1 Å². The van der Waals surface area contributed by atoms with Crippen LogP contribution < -0.4 is 11.1 Å². The van der Waals surface area contributed by atoms with Gasteiger partial charge >= 0.3 is 0 Å². The van der Waals surface area contributed by atoms with Crippen molar-refractivity contribution in [2.45, 2.75) is 31.8 Å². The number of rotatable bonds is 0. The molecule has 0 bridgehead atoms. The number of hydrogen-bond acceptors (Lipinski definition) is 3. The number of hydrogen-bond donors (Lipinski definition) is 2. The molecular weight excluding hydrogens is 210 g/mol. The van der Waals surface area contributed by atoms with Crippen molar-refractivity contribution < 1.29 is 0 Å². The van der Waals surface area contributed by atoms with E-state index >= 15 is 0 Å². The Morgan fingerprint density at radius 2 is 2.12 bits per heavy atom. The number of benzene rings is 1. The molecule has 0 spiro atoms. The van der Waals surface area contributed by atoms with Crippen molar-refractivity contribution in [2.75, 3.05) is 5.32 Å². The van der Waals surface area contributed by atoms with Gasteiger partial charge in [0.05, 0.1) is 11.6 Å². The van der Waals surface area contributed by atoms with Gasteiger partial charge in [-0.25, -0.2) is 0 Å². The van der Waals surface area contributed by atoms with Gasteiger partial charge in [-0.1, -0.05) is 0 Å². The second-order valence-corrected chi connectivity index (χ2v) is 4.73. The van der Waals surface area contributed by atoms with Crippen molar-refractivity contribution >= 4 is 5.69 Å². The lowest BCUT2D eigenvalue weighted by molar-refractivity contribution is 0.444. The van der Waals surface area contributed by atoms with Crippen LogP contribution in [0.1, 0.15) is 37.4 Å². The van der Waals surface area contributed by atoms with Crippen molar-refractivity contribution in [1.29, 1.82) is 5.26 Å². The summed E-state index contributed by atoms with van der Waals surface area (Å²) >= 11 is 0. The molecule has 3 heteroatoms. The molecule has 1 aliphatic heterocycles. The molecule has 0 radical (unpaired) electrons. The van der Waals surface area contributed by atoms with E-state index in [0.717, 1.165) is 17.7 Å². The first-order valence-corrected chi connectivity index (χ1v) is 5.43. The second-order valence-electron chi connectivity index (χ2n) is 4.73. The first kappa shape index (κ1) is 13.1. The SMILES string of the molecule is C#C.CC1(C)C[C@H](N)c2cc(C#N)ccc2N1. The summed E-state index contributed by atoms with van der Waals surface area (Å²) in [5.74, 6) is 0. The molecule has 1 aliphatic rings. The first-order chi connectivity index (χ1) is 8.02. The third-order valence-corrected chi connectivity index (χ3v) is 2.78. The Morgan fingerprint density at radius 1 is 1.47 bits per heavy atom. The molecule has 0 aliphatic carbocycles. The molecule has 0 unspecified atom stereocenters. The Morgan fingerprint density at radius 3 is 2.71 bits per heavy atom. The fourth-order valence-corrected chi connectivity index (χ4v) is 2.13. The maximum absolute atomic E-state index is 8.82. The summed E-state index contributed by atoms with van der Waals surface area (Å²) in [5, 5.41) is 12.2. The van der Waals surface area contributed by atoms with Gasteiger partial charge in [-0.2, -0.15) is 5.26 Å². The molecule has 3 N–H and O–H groups in total. The van der Waals surface area contributed by atoms with Gasteiger partial charge in [0.25, 0.3) is 0 Å². The molecule has 0 fully saturated rings. The molecule has 17 heavy (non-hydrogen) atoms. The van der Waals surface area contributed by atoms with E-state index in [1.54, 1.807) is 0 Å². The van der Waals surface area contributed by atoms with Crippen LogP contribution in [0.25, 0.3) is 0 Å². The monoisotopic (exact) mass is 227 g/mol. The molecule has 3 nitrogen and oxygen atoms in total. The van der Waals surface area contributed by atoms with Gasteiger partial charge in [-0.05, 0) is 44.0 Å². The number of nitriles is 1. The Balaban J connectivity index is 0.000000686. The molecule has 1 heterocycles. The molecule has 1 aromatic carbocycles. The van der Waals surface area contributed by atoms with E-state index in [2.05, 4.69) is 38.1 Å². The topological polar surface area (TPSA) is 61.8 Å². The summed E-state index contributed by atoms with van der Waals surface area (Å²) in [5.41, 5.74) is 8.90. The van der Waals surface area contributed by atoms with Gasteiger partial charge in [0.15, 0.2) is 0 Å². The van der Waals surface area contributed by atoms with E-state index in [9.17, 15) is 0 Å². The van der Waals surface area contributed by atoms with Crippen LogP contribution in [0.4, 0.5) is 5.69 Å². The lowest BCUT2D eigenvalue weighted by atomic mass is 9.85. The van der Waals surface area contributed by atoms with Crippen LogP contribution >= 0.6 is 0 Å². The Labute approximate surface area is 103 Å². The predicted molar refractivity (Wildman–Crippen MR) is 70.3 cm³/mol. The van der Waals surface area contributed by atoms with E-state index in [4.69, 9.17) is 11.0 Å². The number of nitrogens with zero attached hydrogens (tertiary/aromatic N) is 1. The van der Waals surface area contributed by atoms with Gasteiger partial charge in [-0.3, -0.25) is 0 Å². The number of anilines is 1. The maximum atomic E-state index is 8.82. The summed E-state index contributed by atoms with van der Waals surface area (Å²) in [6.45, 7) is 4.27. The lowest BCUT2D eigenvalue weighted by Crippen LogP contribution is -2.39. The lowest BCUT2D eigenvalue weighted by Gasteiger charge is -2.37. The summed E-state index contributed by atoms with van der Waals surface area (Å²) in [6.07, 6.45) is 8.88. The number of nitrogens with one attached hydrogen (secondary N) is 1. The summed E-state index contributed by atoms with van der Waals surface area (Å²) in [7, 11) is 0. The summed E-state index contributed by atoms with van der Waals surface area (Å²) < 4.78 is 0. The minimum Gasteiger partial charge on any atom is -0.380 e. The number of terminal acetylenes is 1. The molecule has 0 aromatic heterocycles. The van der Waals surface area contributed by atoms with E-state index in [1.165, 1.54) is 0 Å². The van der Waals surface area contributed by atoms with Crippen molar-refractivity contribution in [3.8, 4) is 18.9 Å². The zero-order valence-electron chi connectivity index (χ0n) is 10.2. The third kappa shape index (κ3) is 2.78. The van der Waals surface area contributed by atoms with Crippen LogP contribution in [0, 0.1) is 24.2 Å². The van der Waals surface area contributed by atoms with Crippen LogP contribution in [-0.4, -0.2) is 5.54 Å².